The molecule has 15 aromatic rings. The summed E-state index contributed by atoms with van der Waals surface area (Å²) in [5, 5.41) is 16.6. The van der Waals surface area contributed by atoms with E-state index in [-0.39, 0.29) is 0 Å². The number of aryl methyl sites for hydroxylation is 1. The summed E-state index contributed by atoms with van der Waals surface area (Å²) in [6.07, 6.45) is 6.04. The lowest BCUT2D eigenvalue weighted by atomic mass is 9.93. The van der Waals surface area contributed by atoms with Gasteiger partial charge >= 0.3 is 0 Å². The topological polar surface area (TPSA) is 35.6 Å². The summed E-state index contributed by atoms with van der Waals surface area (Å²) < 4.78 is 4.69. The maximum Gasteiger partial charge on any atom is 0.235 e. The lowest BCUT2D eigenvalue weighted by Crippen LogP contribution is -2.04. The Morgan fingerprint density at radius 1 is 0.360 bits per heavy atom. The van der Waals surface area contributed by atoms with Crippen molar-refractivity contribution < 1.29 is 0 Å². The Morgan fingerprint density at radius 2 is 0.827 bits per heavy atom. The van der Waals surface area contributed by atoms with E-state index >= 15 is 0 Å². The van der Waals surface area contributed by atoms with Crippen LogP contribution in [0.5, 0.6) is 0 Å². The Bertz CT molecular complexity index is 4790. The minimum Gasteiger partial charge on any atom is -0.309 e. The zero-order valence-electron chi connectivity index (χ0n) is 41.2. The number of aromatic nitrogens is 4. The Kier molecular flexibility index (Phi) is 9.60. The third-order valence-corrected chi connectivity index (χ3v) is 15.6. The van der Waals surface area contributed by atoms with E-state index in [1.807, 2.05) is 12.2 Å². The molecule has 0 saturated heterocycles. The predicted octanol–water partition coefficient (Wildman–Crippen LogP) is 18.9. The fraction of sp³-hybridized carbons (Fsp3) is 0.0141. The fourth-order valence-electron chi connectivity index (χ4n) is 12.1. The van der Waals surface area contributed by atoms with Crippen molar-refractivity contribution in [1.29, 1.82) is 0 Å². The molecule has 12 aromatic carbocycles. The van der Waals surface area contributed by atoms with Gasteiger partial charge in [0.15, 0.2) is 0 Å². The number of hydrogen-bond donors (Lipinski definition) is 0. The second kappa shape index (κ2) is 16.8. The molecule has 0 aliphatic carbocycles. The van der Waals surface area contributed by atoms with Gasteiger partial charge in [0.05, 0.1) is 33.5 Å². The van der Waals surface area contributed by atoms with Crippen molar-refractivity contribution in [2.45, 2.75) is 6.92 Å². The Balaban J connectivity index is 0.933. The normalized spacial score (nSPS) is 12.1. The number of rotatable bonds is 7. The highest BCUT2D eigenvalue weighted by atomic mass is 15.2. The van der Waals surface area contributed by atoms with Crippen molar-refractivity contribution in [3.8, 4) is 45.3 Å². The second-order valence-electron chi connectivity index (χ2n) is 19.8. The van der Waals surface area contributed by atoms with Crippen molar-refractivity contribution >= 4 is 104 Å². The van der Waals surface area contributed by atoms with Gasteiger partial charge in [0.1, 0.15) is 0 Å². The van der Waals surface area contributed by atoms with E-state index in [4.69, 9.17) is 9.97 Å². The van der Waals surface area contributed by atoms with Crippen molar-refractivity contribution in [3.05, 3.63) is 260 Å². The molecule has 4 heteroatoms. The first-order valence-electron chi connectivity index (χ1n) is 25.7. The lowest BCUT2D eigenvalue weighted by molar-refractivity contribution is 0.997. The molecule has 0 aliphatic heterocycles. The van der Waals surface area contributed by atoms with Gasteiger partial charge in [-0.05, 0) is 150 Å². The van der Waals surface area contributed by atoms with E-state index in [1.54, 1.807) is 0 Å². The van der Waals surface area contributed by atoms with Crippen LogP contribution in [0.4, 0.5) is 0 Å². The molecule has 3 aromatic heterocycles. The summed E-state index contributed by atoms with van der Waals surface area (Å²) in [5.74, 6) is 0.623. The maximum atomic E-state index is 5.62. The van der Waals surface area contributed by atoms with E-state index < -0.39 is 0 Å². The molecule has 0 amide bonds. The van der Waals surface area contributed by atoms with Crippen LogP contribution in [0, 0.1) is 6.92 Å². The van der Waals surface area contributed by atoms with Gasteiger partial charge < -0.3 is 4.57 Å². The van der Waals surface area contributed by atoms with Crippen LogP contribution < -0.4 is 0 Å². The molecule has 15 rings (SSSR count). The Labute approximate surface area is 433 Å². The van der Waals surface area contributed by atoms with Gasteiger partial charge in [0, 0.05) is 38.4 Å². The molecule has 3 heterocycles. The third kappa shape index (κ3) is 6.70. The zero-order valence-corrected chi connectivity index (χ0v) is 41.2. The summed E-state index contributed by atoms with van der Waals surface area (Å²) in [7, 11) is 0. The molecule has 350 valence electrons. The first-order chi connectivity index (χ1) is 37.1. The number of para-hydroxylation sites is 2. The highest BCUT2D eigenvalue weighted by molar-refractivity contribution is 6.17. The molecule has 0 N–H and O–H groups in total. The number of fused-ring (bicyclic) bond motifs is 13. The van der Waals surface area contributed by atoms with Gasteiger partial charge in [-0.15, -0.1) is 0 Å². The van der Waals surface area contributed by atoms with Gasteiger partial charge in [-0.3, -0.25) is 4.57 Å². The van der Waals surface area contributed by atoms with Crippen molar-refractivity contribution in [3.63, 3.8) is 0 Å². The molecule has 0 aliphatic rings. The molecule has 0 unspecified atom stereocenters. The summed E-state index contributed by atoms with van der Waals surface area (Å²) in [5.41, 5.74) is 14.2. The number of nitrogens with zero attached hydrogens (tertiary/aromatic N) is 4. The van der Waals surface area contributed by atoms with Gasteiger partial charge in [-0.1, -0.05) is 189 Å². The molecule has 0 fully saturated rings. The van der Waals surface area contributed by atoms with E-state index in [0.717, 1.165) is 71.9 Å². The van der Waals surface area contributed by atoms with Gasteiger partial charge in [0.2, 0.25) is 5.95 Å². The van der Waals surface area contributed by atoms with E-state index in [0.29, 0.717) is 5.95 Å². The van der Waals surface area contributed by atoms with Crippen molar-refractivity contribution in [2.75, 3.05) is 0 Å². The van der Waals surface area contributed by atoms with Crippen LogP contribution in [-0.2, 0) is 0 Å². The molecule has 0 saturated carbocycles. The number of benzene rings is 12. The Morgan fingerprint density at radius 3 is 1.40 bits per heavy atom. The van der Waals surface area contributed by atoms with E-state index in [1.165, 1.54) is 76.0 Å². The standard InChI is InChI=1S/C71H46N4/c1-3-4-19-51-44(2)30-31-45-32-35-50(42-60(45)51)74-67-28-15-13-26-58(67)63-38-46(33-36-69(63)74)47-34-37-70-64(39-47)59-27-14-16-29-68(59)75(70)71-72-65(61-40-48-17-5-7-20-52(48)54-22-9-11-24-56(54)61)43-66(73-71)62-41-49-18-6-8-21-53(49)55-23-10-12-25-57(55)62/h3-43H,1H2,2H3/b19-4-. The SMILES string of the molecule is C=C/C=C\c1c(C)ccc2ccc(-n3c4ccccc4c4cc(-c5ccc6c(c5)c5ccccc5n6-c5nc(-c6cc7ccccc7c7ccccc67)cc(-c6cc7ccccc7c7ccccc67)n5)ccc43)cc12. The average Bonchev–Trinajstić information content (AvgIpc) is 4.00. The highest BCUT2D eigenvalue weighted by Gasteiger charge is 2.21. The molecular weight excluding hydrogens is 909 g/mol. The minimum absolute atomic E-state index is 0.623. The van der Waals surface area contributed by atoms with E-state index in [2.05, 4.69) is 259 Å². The summed E-state index contributed by atoms with van der Waals surface area (Å²) >= 11 is 0. The maximum absolute atomic E-state index is 5.62. The molecule has 0 radical (unpaired) electrons. The monoisotopic (exact) mass is 954 g/mol. The van der Waals surface area contributed by atoms with Crippen molar-refractivity contribution in [2.24, 2.45) is 0 Å². The fourth-order valence-corrected chi connectivity index (χ4v) is 12.1. The predicted molar refractivity (Wildman–Crippen MR) is 319 cm³/mol. The van der Waals surface area contributed by atoms with Gasteiger partial charge in [-0.2, -0.15) is 0 Å². The Hall–Kier alpha value is -9.90. The number of hydrogen-bond acceptors (Lipinski definition) is 2. The second-order valence-corrected chi connectivity index (χ2v) is 19.8. The summed E-state index contributed by atoms with van der Waals surface area (Å²) in [6.45, 7) is 6.12. The first kappa shape index (κ1) is 42.8. The summed E-state index contributed by atoms with van der Waals surface area (Å²) in [4.78, 5) is 11.2. The van der Waals surface area contributed by atoms with Gasteiger partial charge in [0.25, 0.3) is 0 Å². The molecular formula is C71H46N4. The third-order valence-electron chi connectivity index (χ3n) is 15.6. The zero-order chi connectivity index (χ0) is 49.7. The average molecular weight is 955 g/mol. The smallest absolute Gasteiger partial charge is 0.235 e. The quantitative estimate of drug-likeness (QED) is 0.118. The number of allylic oxidation sites excluding steroid dienone is 2. The minimum atomic E-state index is 0.623. The lowest BCUT2D eigenvalue weighted by Gasteiger charge is -2.16. The largest absolute Gasteiger partial charge is 0.309 e. The first-order valence-corrected chi connectivity index (χ1v) is 25.7. The molecule has 0 bridgehead atoms. The van der Waals surface area contributed by atoms with Crippen LogP contribution in [0.15, 0.2) is 249 Å². The van der Waals surface area contributed by atoms with Crippen LogP contribution in [0.25, 0.3) is 149 Å². The summed E-state index contributed by atoms with van der Waals surface area (Å²) in [6, 6.07) is 84.1. The molecule has 75 heavy (non-hydrogen) atoms. The molecule has 0 spiro atoms. The van der Waals surface area contributed by atoms with Crippen LogP contribution >= 0.6 is 0 Å². The van der Waals surface area contributed by atoms with Gasteiger partial charge in [-0.25, -0.2) is 9.97 Å². The molecule has 4 nitrogen and oxygen atoms in total. The highest BCUT2D eigenvalue weighted by Crippen LogP contribution is 2.42. The van der Waals surface area contributed by atoms with Crippen LogP contribution in [0.3, 0.4) is 0 Å². The van der Waals surface area contributed by atoms with Crippen LogP contribution in [0.2, 0.25) is 0 Å². The van der Waals surface area contributed by atoms with E-state index in [9.17, 15) is 0 Å². The van der Waals surface area contributed by atoms with Crippen LogP contribution in [0.1, 0.15) is 11.1 Å². The van der Waals surface area contributed by atoms with Crippen molar-refractivity contribution in [1.82, 2.24) is 19.1 Å². The molecule has 0 atom stereocenters. The van der Waals surface area contributed by atoms with Crippen LogP contribution in [-0.4, -0.2) is 19.1 Å².